The van der Waals surface area contributed by atoms with Gasteiger partial charge in [0, 0.05) is 6.08 Å². The largest absolute Gasteiger partial charge is 0.450 e. The lowest BCUT2D eigenvalue weighted by Crippen LogP contribution is -2.39. The Morgan fingerprint density at radius 3 is 2.88 bits per heavy atom. The van der Waals surface area contributed by atoms with E-state index in [1.807, 2.05) is 18.2 Å². The SMILES string of the molecule is C[C@@H](OC(=O)/C=C/c1ccc(Br)o1)C(=O)N[C@@H]1CCCc2ccccc21. The molecule has 1 amide bonds. The summed E-state index contributed by atoms with van der Waals surface area (Å²) in [5.41, 5.74) is 2.41. The first kappa shape index (κ1) is 18.5. The van der Waals surface area contributed by atoms with Crippen LogP contribution in [0.3, 0.4) is 0 Å². The number of rotatable bonds is 5. The fourth-order valence-corrected chi connectivity index (χ4v) is 3.35. The van der Waals surface area contributed by atoms with Gasteiger partial charge in [-0.1, -0.05) is 24.3 Å². The van der Waals surface area contributed by atoms with Crippen LogP contribution < -0.4 is 5.32 Å². The minimum absolute atomic E-state index is 0.0374. The van der Waals surface area contributed by atoms with Crippen molar-refractivity contribution in [3.05, 3.63) is 64.0 Å². The van der Waals surface area contributed by atoms with Crippen LogP contribution in [0, 0.1) is 0 Å². The Morgan fingerprint density at radius 2 is 2.12 bits per heavy atom. The van der Waals surface area contributed by atoms with Crippen LogP contribution in [0.5, 0.6) is 0 Å². The Morgan fingerprint density at radius 1 is 1.31 bits per heavy atom. The molecule has 136 valence electrons. The fraction of sp³-hybridized carbons (Fsp3) is 0.300. The maximum Gasteiger partial charge on any atom is 0.331 e. The number of carbonyl (C=O) groups excluding carboxylic acids is 2. The molecule has 2 aromatic rings. The number of nitrogens with one attached hydrogen (secondary N) is 1. The second-order valence-electron chi connectivity index (χ2n) is 6.21. The van der Waals surface area contributed by atoms with Gasteiger partial charge < -0.3 is 14.5 Å². The highest BCUT2D eigenvalue weighted by Gasteiger charge is 2.24. The molecule has 1 aromatic carbocycles. The average molecular weight is 418 g/mol. The molecule has 5 nitrogen and oxygen atoms in total. The van der Waals surface area contributed by atoms with Crippen molar-refractivity contribution in [2.24, 2.45) is 0 Å². The predicted molar refractivity (Wildman–Crippen MR) is 101 cm³/mol. The number of amides is 1. The molecule has 0 saturated carbocycles. The molecule has 0 unspecified atom stereocenters. The first-order valence-electron chi connectivity index (χ1n) is 8.55. The molecule has 0 radical (unpaired) electrons. The van der Waals surface area contributed by atoms with E-state index < -0.39 is 12.1 Å². The van der Waals surface area contributed by atoms with E-state index in [-0.39, 0.29) is 11.9 Å². The van der Waals surface area contributed by atoms with E-state index in [9.17, 15) is 9.59 Å². The van der Waals surface area contributed by atoms with Crippen LogP contribution >= 0.6 is 15.9 Å². The topological polar surface area (TPSA) is 68.5 Å². The normalized spacial score (nSPS) is 17.5. The summed E-state index contributed by atoms with van der Waals surface area (Å²) in [4.78, 5) is 24.3. The second kappa shape index (κ2) is 8.36. The van der Waals surface area contributed by atoms with E-state index in [0.717, 1.165) is 24.8 Å². The molecule has 3 rings (SSSR count). The molecule has 2 atom stereocenters. The standard InChI is InChI=1S/C20H20BrNO4/c1-13(25-19(23)12-10-15-9-11-18(21)26-15)20(24)22-17-8-4-6-14-5-2-3-7-16(14)17/h2-3,5,7,9-13,17H,4,6,8H2,1H3,(H,22,24)/b12-10+/t13-,17-/m1/s1. The summed E-state index contributed by atoms with van der Waals surface area (Å²) in [5, 5.41) is 2.99. The zero-order chi connectivity index (χ0) is 18.5. The lowest BCUT2D eigenvalue weighted by molar-refractivity contribution is -0.150. The number of halogens is 1. The Balaban J connectivity index is 1.55. The third-order valence-corrected chi connectivity index (χ3v) is 4.75. The number of hydrogen-bond donors (Lipinski definition) is 1. The lowest BCUT2D eigenvalue weighted by Gasteiger charge is -2.27. The quantitative estimate of drug-likeness (QED) is 0.584. The van der Waals surface area contributed by atoms with Gasteiger partial charge in [-0.05, 0) is 71.5 Å². The van der Waals surface area contributed by atoms with Crippen molar-refractivity contribution in [2.45, 2.75) is 38.3 Å². The summed E-state index contributed by atoms with van der Waals surface area (Å²) in [6.45, 7) is 1.57. The molecule has 0 saturated heterocycles. The van der Waals surface area contributed by atoms with Gasteiger partial charge in [0.1, 0.15) is 5.76 Å². The van der Waals surface area contributed by atoms with Crippen molar-refractivity contribution in [1.82, 2.24) is 5.32 Å². The molecular weight excluding hydrogens is 398 g/mol. The van der Waals surface area contributed by atoms with E-state index in [0.29, 0.717) is 10.4 Å². The first-order valence-corrected chi connectivity index (χ1v) is 9.34. The molecule has 1 aliphatic carbocycles. The Labute approximate surface area is 160 Å². The van der Waals surface area contributed by atoms with Crippen molar-refractivity contribution in [3.8, 4) is 0 Å². The highest BCUT2D eigenvalue weighted by atomic mass is 79.9. The third kappa shape index (κ3) is 4.64. The van der Waals surface area contributed by atoms with Gasteiger partial charge in [-0.2, -0.15) is 0 Å². The molecule has 1 heterocycles. The number of benzene rings is 1. The third-order valence-electron chi connectivity index (χ3n) is 4.33. The van der Waals surface area contributed by atoms with Gasteiger partial charge in [0.25, 0.3) is 5.91 Å². The second-order valence-corrected chi connectivity index (χ2v) is 6.99. The molecule has 0 aliphatic heterocycles. The highest BCUT2D eigenvalue weighted by molar-refractivity contribution is 9.10. The number of ether oxygens (including phenoxy) is 1. The predicted octanol–water partition coefficient (Wildman–Crippen LogP) is 4.18. The van der Waals surface area contributed by atoms with Gasteiger partial charge in [0.15, 0.2) is 10.8 Å². The number of hydrogen-bond acceptors (Lipinski definition) is 4. The van der Waals surface area contributed by atoms with Crippen molar-refractivity contribution < 1.29 is 18.7 Å². The fourth-order valence-electron chi connectivity index (χ4n) is 3.03. The minimum atomic E-state index is -0.871. The number of furan rings is 1. The van der Waals surface area contributed by atoms with Crippen molar-refractivity contribution in [1.29, 1.82) is 0 Å². The maximum absolute atomic E-state index is 12.4. The lowest BCUT2D eigenvalue weighted by atomic mass is 9.87. The molecular formula is C20H20BrNO4. The molecule has 0 bridgehead atoms. The van der Waals surface area contributed by atoms with Gasteiger partial charge in [0.2, 0.25) is 0 Å². The molecule has 26 heavy (non-hydrogen) atoms. The minimum Gasteiger partial charge on any atom is -0.450 e. The number of esters is 1. The van der Waals surface area contributed by atoms with Crippen LogP contribution in [0.1, 0.15) is 42.7 Å². The number of fused-ring (bicyclic) bond motifs is 1. The van der Waals surface area contributed by atoms with Gasteiger partial charge in [0.05, 0.1) is 6.04 Å². The number of carbonyl (C=O) groups is 2. The number of aryl methyl sites for hydroxylation is 1. The van der Waals surface area contributed by atoms with E-state index in [1.54, 1.807) is 19.1 Å². The van der Waals surface area contributed by atoms with Crippen LogP contribution in [-0.2, 0) is 20.7 Å². The van der Waals surface area contributed by atoms with Crippen LogP contribution in [0.25, 0.3) is 6.08 Å². The summed E-state index contributed by atoms with van der Waals surface area (Å²) < 4.78 is 11.0. The van der Waals surface area contributed by atoms with Gasteiger partial charge in [-0.15, -0.1) is 0 Å². The van der Waals surface area contributed by atoms with Gasteiger partial charge >= 0.3 is 5.97 Å². The molecule has 0 spiro atoms. The maximum atomic E-state index is 12.4. The smallest absolute Gasteiger partial charge is 0.331 e. The van der Waals surface area contributed by atoms with E-state index in [1.165, 1.54) is 17.7 Å². The van der Waals surface area contributed by atoms with E-state index in [2.05, 4.69) is 27.3 Å². The first-order chi connectivity index (χ1) is 12.5. The molecule has 1 aliphatic rings. The molecule has 0 fully saturated rings. The van der Waals surface area contributed by atoms with Crippen LogP contribution in [0.15, 0.2) is 51.6 Å². The zero-order valence-electron chi connectivity index (χ0n) is 14.4. The zero-order valence-corrected chi connectivity index (χ0v) is 16.0. The summed E-state index contributed by atoms with van der Waals surface area (Å²) in [6.07, 6.45) is 4.80. The molecule has 6 heteroatoms. The summed E-state index contributed by atoms with van der Waals surface area (Å²) >= 11 is 3.19. The highest BCUT2D eigenvalue weighted by Crippen LogP contribution is 2.29. The van der Waals surface area contributed by atoms with Crippen LogP contribution in [0.4, 0.5) is 0 Å². The summed E-state index contributed by atoms with van der Waals surface area (Å²) in [5.74, 6) is -0.372. The van der Waals surface area contributed by atoms with Crippen LogP contribution in [0.2, 0.25) is 0 Å². The summed E-state index contributed by atoms with van der Waals surface area (Å²) in [6, 6.07) is 11.5. The average Bonchev–Trinajstić information content (AvgIpc) is 3.05. The van der Waals surface area contributed by atoms with Gasteiger partial charge in [-0.3, -0.25) is 4.79 Å². The van der Waals surface area contributed by atoms with E-state index >= 15 is 0 Å². The Hall–Kier alpha value is -2.34. The monoisotopic (exact) mass is 417 g/mol. The van der Waals surface area contributed by atoms with Crippen molar-refractivity contribution in [3.63, 3.8) is 0 Å². The Kier molecular flexibility index (Phi) is 5.93. The van der Waals surface area contributed by atoms with Crippen molar-refractivity contribution >= 4 is 33.9 Å². The van der Waals surface area contributed by atoms with Gasteiger partial charge in [-0.25, -0.2) is 4.79 Å². The van der Waals surface area contributed by atoms with E-state index in [4.69, 9.17) is 9.15 Å². The van der Waals surface area contributed by atoms with Crippen molar-refractivity contribution in [2.75, 3.05) is 0 Å². The molecule has 1 aromatic heterocycles. The van der Waals surface area contributed by atoms with Crippen LogP contribution in [-0.4, -0.2) is 18.0 Å². The molecule has 1 N–H and O–H groups in total. The summed E-state index contributed by atoms with van der Waals surface area (Å²) in [7, 11) is 0. The Bertz CT molecular complexity index is 827.